The predicted molar refractivity (Wildman–Crippen MR) is 89.7 cm³/mol. The van der Waals surface area contributed by atoms with Gasteiger partial charge in [0.15, 0.2) is 6.17 Å². The summed E-state index contributed by atoms with van der Waals surface area (Å²) in [6.07, 6.45) is 3.32. The van der Waals surface area contributed by atoms with Crippen molar-refractivity contribution in [3.8, 4) is 5.75 Å². The molecule has 0 aromatic heterocycles. The first-order valence-electron chi connectivity index (χ1n) is 7.85. The zero-order valence-electron chi connectivity index (χ0n) is 13.9. The first kappa shape index (κ1) is 16.3. The van der Waals surface area contributed by atoms with E-state index in [1.165, 1.54) is 0 Å². The maximum absolute atomic E-state index is 13.8. The van der Waals surface area contributed by atoms with Crippen molar-refractivity contribution in [3.05, 3.63) is 35.4 Å². The molecule has 21 heavy (non-hydrogen) atoms. The average molecular weight is 305 g/mol. The van der Waals surface area contributed by atoms with E-state index in [0.29, 0.717) is 22.2 Å². The topological polar surface area (TPSA) is 9.23 Å². The first-order valence-corrected chi connectivity index (χ1v) is 9.99. The van der Waals surface area contributed by atoms with Gasteiger partial charge in [0.1, 0.15) is 5.75 Å². The monoisotopic (exact) mass is 305 g/mol. The SMILES string of the molecule is CC(C)[Si](Oc1ccc2c(c1)C(F)[C]=C2)(C(C)C)C(C)C. The van der Waals surface area contributed by atoms with Gasteiger partial charge in [-0.05, 0) is 46.5 Å². The van der Waals surface area contributed by atoms with Crippen LogP contribution in [0.2, 0.25) is 16.6 Å². The molecular weight excluding hydrogens is 279 g/mol. The smallest absolute Gasteiger partial charge is 0.258 e. The molecule has 1 aliphatic carbocycles. The molecule has 1 nitrogen and oxygen atoms in total. The molecule has 0 fully saturated rings. The highest BCUT2D eigenvalue weighted by Crippen LogP contribution is 2.43. The van der Waals surface area contributed by atoms with Crippen LogP contribution in [0.5, 0.6) is 5.75 Å². The van der Waals surface area contributed by atoms with E-state index in [4.69, 9.17) is 4.43 Å². The van der Waals surface area contributed by atoms with Gasteiger partial charge in [0.2, 0.25) is 0 Å². The standard InChI is InChI=1S/C18H26FOSi/c1-12(2)21(13(3)4,14(5)6)20-16-9-7-15-8-10-18(19)17(15)11-16/h7-9,11-14,18H,1-6H3. The summed E-state index contributed by atoms with van der Waals surface area (Å²) in [4.78, 5) is 0. The Kier molecular flexibility index (Phi) is 4.62. The van der Waals surface area contributed by atoms with Crippen LogP contribution < -0.4 is 4.43 Å². The van der Waals surface area contributed by atoms with Crippen molar-refractivity contribution in [2.24, 2.45) is 0 Å². The van der Waals surface area contributed by atoms with Gasteiger partial charge in [0.05, 0.1) is 0 Å². The van der Waals surface area contributed by atoms with Gasteiger partial charge in [-0.15, -0.1) is 0 Å². The number of hydrogen-bond acceptors (Lipinski definition) is 1. The fourth-order valence-corrected chi connectivity index (χ4v) is 9.02. The molecule has 1 aromatic carbocycles. The number of hydrogen-bond donors (Lipinski definition) is 0. The van der Waals surface area contributed by atoms with Crippen molar-refractivity contribution in [3.63, 3.8) is 0 Å². The van der Waals surface area contributed by atoms with Crippen LogP contribution in [0.1, 0.15) is 58.8 Å². The van der Waals surface area contributed by atoms with Crippen molar-refractivity contribution >= 4 is 14.4 Å². The minimum Gasteiger partial charge on any atom is -0.543 e. The van der Waals surface area contributed by atoms with Crippen LogP contribution in [0.4, 0.5) is 4.39 Å². The third-order valence-corrected chi connectivity index (χ3v) is 10.7. The molecule has 1 aliphatic rings. The van der Waals surface area contributed by atoms with Gasteiger partial charge in [-0.1, -0.05) is 47.6 Å². The Morgan fingerprint density at radius 1 is 1.05 bits per heavy atom. The molecule has 0 amide bonds. The van der Waals surface area contributed by atoms with E-state index in [0.717, 1.165) is 11.3 Å². The Balaban J connectivity index is 2.36. The molecule has 0 N–H and O–H groups in total. The van der Waals surface area contributed by atoms with Gasteiger partial charge in [-0.3, -0.25) is 0 Å². The minimum absolute atomic E-state index is 0.511. The second kappa shape index (κ2) is 5.96. The summed E-state index contributed by atoms with van der Waals surface area (Å²) in [5.74, 6) is 0.816. The van der Waals surface area contributed by atoms with Gasteiger partial charge in [0, 0.05) is 5.56 Å². The second-order valence-corrected chi connectivity index (χ2v) is 12.3. The molecule has 0 aliphatic heterocycles. The molecule has 0 saturated heterocycles. The molecule has 1 atom stereocenters. The summed E-state index contributed by atoms with van der Waals surface area (Å²) >= 11 is 0. The quantitative estimate of drug-likeness (QED) is 0.599. The van der Waals surface area contributed by atoms with Crippen LogP contribution in [0, 0.1) is 6.08 Å². The molecule has 0 bridgehead atoms. The lowest BCUT2D eigenvalue weighted by Gasteiger charge is -2.42. The number of benzene rings is 1. The van der Waals surface area contributed by atoms with Gasteiger partial charge in [0.25, 0.3) is 8.32 Å². The van der Waals surface area contributed by atoms with E-state index in [1.807, 2.05) is 18.2 Å². The molecule has 1 radical (unpaired) electrons. The highest BCUT2D eigenvalue weighted by atomic mass is 28.4. The zero-order valence-corrected chi connectivity index (χ0v) is 14.9. The number of alkyl halides is 1. The largest absolute Gasteiger partial charge is 0.543 e. The van der Waals surface area contributed by atoms with Crippen molar-refractivity contribution < 1.29 is 8.82 Å². The van der Waals surface area contributed by atoms with E-state index >= 15 is 0 Å². The summed E-state index contributed by atoms with van der Waals surface area (Å²) < 4.78 is 20.4. The van der Waals surface area contributed by atoms with Crippen LogP contribution in [0.3, 0.4) is 0 Å². The second-order valence-electron chi connectivity index (χ2n) is 6.88. The Hall–Kier alpha value is -1.09. The highest BCUT2D eigenvalue weighted by molar-refractivity contribution is 6.78. The van der Waals surface area contributed by atoms with Crippen LogP contribution in [-0.4, -0.2) is 8.32 Å². The van der Waals surface area contributed by atoms with Crippen LogP contribution in [0.15, 0.2) is 18.2 Å². The van der Waals surface area contributed by atoms with Gasteiger partial charge >= 0.3 is 0 Å². The van der Waals surface area contributed by atoms with E-state index in [9.17, 15) is 4.39 Å². The third kappa shape index (κ3) is 2.80. The van der Waals surface area contributed by atoms with Crippen molar-refractivity contribution in [2.75, 3.05) is 0 Å². The van der Waals surface area contributed by atoms with E-state index < -0.39 is 14.5 Å². The summed E-state index contributed by atoms with van der Waals surface area (Å²) in [5.41, 5.74) is 3.14. The van der Waals surface area contributed by atoms with Gasteiger partial charge < -0.3 is 4.43 Å². The minimum atomic E-state index is -1.98. The fourth-order valence-electron chi connectivity index (χ4n) is 3.78. The van der Waals surface area contributed by atoms with Crippen LogP contribution in [-0.2, 0) is 0 Å². The Morgan fingerprint density at radius 2 is 1.62 bits per heavy atom. The molecule has 2 rings (SSSR count). The Bertz CT molecular complexity index is 512. The molecule has 0 saturated carbocycles. The van der Waals surface area contributed by atoms with E-state index in [2.05, 4.69) is 47.6 Å². The maximum atomic E-state index is 13.8. The lowest BCUT2D eigenvalue weighted by atomic mass is 10.1. The molecule has 0 heterocycles. The summed E-state index contributed by atoms with van der Waals surface area (Å²) in [7, 11) is -1.98. The first-order chi connectivity index (χ1) is 9.79. The van der Waals surface area contributed by atoms with Crippen molar-refractivity contribution in [1.82, 2.24) is 0 Å². The van der Waals surface area contributed by atoms with Crippen molar-refractivity contribution in [2.45, 2.75) is 64.3 Å². The van der Waals surface area contributed by atoms with Crippen LogP contribution in [0.25, 0.3) is 6.08 Å². The number of allylic oxidation sites excluding steroid dienone is 1. The zero-order chi connectivity index (χ0) is 15.8. The molecule has 115 valence electrons. The van der Waals surface area contributed by atoms with Crippen molar-refractivity contribution in [1.29, 1.82) is 0 Å². The number of fused-ring (bicyclic) bond motifs is 1. The normalized spacial score (nSPS) is 17.9. The lowest BCUT2D eigenvalue weighted by Crippen LogP contribution is -2.50. The number of rotatable bonds is 5. The summed E-state index contributed by atoms with van der Waals surface area (Å²) in [5, 5.41) is 0. The molecule has 1 unspecified atom stereocenters. The van der Waals surface area contributed by atoms with E-state index in [-0.39, 0.29) is 0 Å². The fraction of sp³-hybridized carbons (Fsp3) is 0.556. The maximum Gasteiger partial charge on any atom is 0.258 e. The number of halogens is 1. The average Bonchev–Trinajstić information content (AvgIpc) is 2.76. The van der Waals surface area contributed by atoms with Crippen LogP contribution >= 0.6 is 0 Å². The Morgan fingerprint density at radius 3 is 2.14 bits per heavy atom. The summed E-state index contributed by atoms with van der Waals surface area (Å²) in [6.45, 7) is 13.5. The third-order valence-electron chi connectivity index (χ3n) is 4.72. The van der Waals surface area contributed by atoms with Gasteiger partial charge in [-0.25, -0.2) is 4.39 Å². The molecule has 1 aromatic rings. The predicted octanol–water partition coefficient (Wildman–Crippen LogP) is 6.08. The van der Waals surface area contributed by atoms with E-state index in [1.54, 1.807) is 6.08 Å². The lowest BCUT2D eigenvalue weighted by molar-refractivity contribution is 0.408. The van der Waals surface area contributed by atoms with Gasteiger partial charge in [-0.2, -0.15) is 0 Å². The molecule has 3 heteroatoms. The highest BCUT2D eigenvalue weighted by Gasteiger charge is 2.47. The molecule has 0 spiro atoms. The summed E-state index contributed by atoms with van der Waals surface area (Å²) in [6, 6.07) is 5.78. The molecular formula is C18H26FOSi. The Labute approximate surface area is 129 Å².